The Bertz CT molecular complexity index is 662. The summed E-state index contributed by atoms with van der Waals surface area (Å²) in [5.41, 5.74) is 1.16. The molecule has 1 atom stereocenters. The smallest absolute Gasteiger partial charge is 0.335 e. The van der Waals surface area contributed by atoms with E-state index in [0.717, 1.165) is 12.0 Å². The zero-order valence-electron chi connectivity index (χ0n) is 12.6. The number of hydrogen-bond donors (Lipinski definition) is 1. The van der Waals surface area contributed by atoms with E-state index in [1.165, 1.54) is 12.1 Å². The fourth-order valence-corrected chi connectivity index (χ4v) is 2.39. The van der Waals surface area contributed by atoms with Crippen LogP contribution < -0.4 is 9.47 Å². The molecule has 0 saturated carbocycles. The Morgan fingerprint density at radius 1 is 1.17 bits per heavy atom. The molecule has 0 aliphatic carbocycles. The highest BCUT2D eigenvalue weighted by molar-refractivity contribution is 5.88. The molecule has 5 nitrogen and oxygen atoms in total. The lowest BCUT2D eigenvalue weighted by Gasteiger charge is -2.14. The average molecular weight is 314 g/mol. The summed E-state index contributed by atoms with van der Waals surface area (Å²) in [5.74, 6) is -0.0474. The van der Waals surface area contributed by atoms with Crippen molar-refractivity contribution in [1.82, 2.24) is 0 Å². The van der Waals surface area contributed by atoms with E-state index >= 15 is 0 Å². The van der Waals surface area contributed by atoms with Crippen LogP contribution in [0.5, 0.6) is 11.5 Å². The van der Waals surface area contributed by atoms with Gasteiger partial charge in [-0.1, -0.05) is 30.3 Å². The van der Waals surface area contributed by atoms with Gasteiger partial charge < -0.3 is 19.3 Å². The number of carbonyl (C=O) groups is 1. The standard InChI is InChI=1S/C18H18O5/c19-18(20)14-8-16(22-11-13-4-2-1-3-5-13)10-17(9-14)23-15-6-7-21-12-15/h1-5,8-10,15H,6-7,11-12H2,(H,19,20). The zero-order valence-corrected chi connectivity index (χ0v) is 12.6. The van der Waals surface area contributed by atoms with Gasteiger partial charge in [0, 0.05) is 12.5 Å². The minimum Gasteiger partial charge on any atom is -0.489 e. The van der Waals surface area contributed by atoms with Gasteiger partial charge in [-0.2, -0.15) is 0 Å². The Hall–Kier alpha value is -2.53. The maximum atomic E-state index is 11.3. The van der Waals surface area contributed by atoms with Crippen LogP contribution in [-0.2, 0) is 11.3 Å². The van der Waals surface area contributed by atoms with E-state index in [2.05, 4.69) is 0 Å². The quantitative estimate of drug-likeness (QED) is 0.887. The van der Waals surface area contributed by atoms with Gasteiger partial charge in [0.1, 0.15) is 24.2 Å². The van der Waals surface area contributed by atoms with E-state index in [-0.39, 0.29) is 11.7 Å². The Morgan fingerprint density at radius 3 is 2.65 bits per heavy atom. The lowest BCUT2D eigenvalue weighted by molar-refractivity contribution is 0.0695. The number of aromatic carboxylic acids is 1. The van der Waals surface area contributed by atoms with Gasteiger partial charge in [0.05, 0.1) is 18.8 Å². The summed E-state index contributed by atoms with van der Waals surface area (Å²) in [6.45, 7) is 1.56. The van der Waals surface area contributed by atoms with Crippen molar-refractivity contribution in [3.63, 3.8) is 0 Å². The summed E-state index contributed by atoms with van der Waals surface area (Å²) in [7, 11) is 0. The Morgan fingerprint density at radius 2 is 1.96 bits per heavy atom. The van der Waals surface area contributed by atoms with E-state index < -0.39 is 5.97 Å². The van der Waals surface area contributed by atoms with E-state index in [0.29, 0.717) is 31.3 Å². The van der Waals surface area contributed by atoms with Crippen molar-refractivity contribution in [1.29, 1.82) is 0 Å². The van der Waals surface area contributed by atoms with E-state index in [1.54, 1.807) is 6.07 Å². The molecule has 1 aliphatic heterocycles. The summed E-state index contributed by atoms with van der Waals surface area (Å²) in [6, 6.07) is 14.4. The Labute approximate surface area is 134 Å². The third-order valence-corrected chi connectivity index (χ3v) is 3.57. The summed E-state index contributed by atoms with van der Waals surface area (Å²) in [5, 5.41) is 9.24. The molecule has 1 saturated heterocycles. The monoisotopic (exact) mass is 314 g/mol. The summed E-state index contributed by atoms with van der Waals surface area (Å²) in [6.07, 6.45) is 0.762. The van der Waals surface area contributed by atoms with Crippen LogP contribution >= 0.6 is 0 Å². The number of carboxylic acid groups (broad SMARTS) is 1. The zero-order chi connectivity index (χ0) is 16.1. The van der Waals surface area contributed by atoms with Crippen LogP contribution in [-0.4, -0.2) is 30.4 Å². The number of benzene rings is 2. The highest BCUT2D eigenvalue weighted by Crippen LogP contribution is 2.26. The van der Waals surface area contributed by atoms with Gasteiger partial charge in [-0.25, -0.2) is 4.79 Å². The van der Waals surface area contributed by atoms with E-state index in [1.807, 2.05) is 30.3 Å². The van der Waals surface area contributed by atoms with Crippen molar-refractivity contribution in [3.8, 4) is 11.5 Å². The molecule has 0 radical (unpaired) electrons. The third kappa shape index (κ3) is 4.23. The molecular formula is C18H18O5. The minimum absolute atomic E-state index is 0.0407. The van der Waals surface area contributed by atoms with Gasteiger partial charge in [-0.05, 0) is 17.7 Å². The maximum absolute atomic E-state index is 11.3. The van der Waals surface area contributed by atoms with Crippen molar-refractivity contribution >= 4 is 5.97 Å². The van der Waals surface area contributed by atoms with Crippen molar-refractivity contribution in [2.45, 2.75) is 19.1 Å². The molecule has 1 fully saturated rings. The molecule has 0 bridgehead atoms. The maximum Gasteiger partial charge on any atom is 0.335 e. The first-order chi connectivity index (χ1) is 11.2. The normalized spacial score (nSPS) is 17.0. The fourth-order valence-electron chi connectivity index (χ4n) is 2.39. The molecule has 5 heteroatoms. The first-order valence-electron chi connectivity index (χ1n) is 7.50. The van der Waals surface area contributed by atoms with Gasteiger partial charge >= 0.3 is 5.97 Å². The Balaban J connectivity index is 1.75. The highest BCUT2D eigenvalue weighted by Gasteiger charge is 2.18. The molecule has 1 N–H and O–H groups in total. The van der Waals surface area contributed by atoms with Gasteiger partial charge in [0.15, 0.2) is 0 Å². The lowest BCUT2D eigenvalue weighted by Crippen LogP contribution is -2.16. The molecular weight excluding hydrogens is 296 g/mol. The third-order valence-electron chi connectivity index (χ3n) is 3.57. The Kier molecular flexibility index (Phi) is 4.78. The highest BCUT2D eigenvalue weighted by atomic mass is 16.5. The number of ether oxygens (including phenoxy) is 3. The van der Waals surface area contributed by atoms with Crippen molar-refractivity contribution in [2.75, 3.05) is 13.2 Å². The molecule has 23 heavy (non-hydrogen) atoms. The predicted octanol–water partition coefficient (Wildman–Crippen LogP) is 3.13. The average Bonchev–Trinajstić information content (AvgIpc) is 3.06. The molecule has 3 rings (SSSR count). The van der Waals surface area contributed by atoms with Crippen LogP contribution in [0, 0.1) is 0 Å². The van der Waals surface area contributed by atoms with Gasteiger partial charge in [0.2, 0.25) is 0 Å². The van der Waals surface area contributed by atoms with Crippen molar-refractivity contribution < 1.29 is 24.1 Å². The van der Waals surface area contributed by atoms with Crippen LogP contribution in [0.4, 0.5) is 0 Å². The van der Waals surface area contributed by atoms with Crippen LogP contribution in [0.2, 0.25) is 0 Å². The fraction of sp³-hybridized carbons (Fsp3) is 0.278. The second kappa shape index (κ2) is 7.15. The summed E-state index contributed by atoms with van der Waals surface area (Å²) >= 11 is 0. The molecule has 120 valence electrons. The first-order valence-corrected chi connectivity index (χ1v) is 7.50. The van der Waals surface area contributed by atoms with Gasteiger partial charge in [-0.3, -0.25) is 0 Å². The SMILES string of the molecule is O=C(O)c1cc(OCc2ccccc2)cc(OC2CCOC2)c1. The van der Waals surface area contributed by atoms with Crippen LogP contribution in [0.15, 0.2) is 48.5 Å². The molecule has 0 spiro atoms. The minimum atomic E-state index is -1.01. The number of hydrogen-bond acceptors (Lipinski definition) is 4. The largest absolute Gasteiger partial charge is 0.489 e. The number of carboxylic acids is 1. The predicted molar refractivity (Wildman–Crippen MR) is 84.0 cm³/mol. The molecule has 0 amide bonds. The van der Waals surface area contributed by atoms with E-state index in [4.69, 9.17) is 14.2 Å². The topological polar surface area (TPSA) is 65.0 Å². The molecule has 1 unspecified atom stereocenters. The molecule has 0 aromatic heterocycles. The molecule has 2 aromatic rings. The van der Waals surface area contributed by atoms with Crippen LogP contribution in [0.25, 0.3) is 0 Å². The van der Waals surface area contributed by atoms with Crippen LogP contribution in [0.1, 0.15) is 22.3 Å². The molecule has 2 aromatic carbocycles. The number of rotatable bonds is 6. The second-order valence-electron chi connectivity index (χ2n) is 5.38. The van der Waals surface area contributed by atoms with Crippen molar-refractivity contribution in [2.24, 2.45) is 0 Å². The summed E-state index contributed by atoms with van der Waals surface area (Å²) < 4.78 is 16.8. The van der Waals surface area contributed by atoms with Crippen molar-refractivity contribution in [3.05, 3.63) is 59.7 Å². The second-order valence-corrected chi connectivity index (χ2v) is 5.38. The summed E-state index contributed by atoms with van der Waals surface area (Å²) in [4.78, 5) is 11.3. The first kappa shape index (κ1) is 15.4. The lowest BCUT2D eigenvalue weighted by atomic mass is 10.2. The molecule has 1 aliphatic rings. The van der Waals surface area contributed by atoms with Crippen LogP contribution in [0.3, 0.4) is 0 Å². The molecule has 1 heterocycles. The van der Waals surface area contributed by atoms with Gasteiger partial charge in [0.25, 0.3) is 0 Å². The van der Waals surface area contributed by atoms with E-state index in [9.17, 15) is 9.90 Å². The van der Waals surface area contributed by atoms with Gasteiger partial charge in [-0.15, -0.1) is 0 Å².